The number of nitrogens with two attached hydrogens (primary N) is 1. The first-order valence-electron chi connectivity index (χ1n) is 7.04. The third-order valence-corrected chi connectivity index (χ3v) is 3.23. The molecule has 2 aromatic rings. The number of aromatic amines is 1. The highest BCUT2D eigenvalue weighted by molar-refractivity contribution is 6.26. The van der Waals surface area contributed by atoms with Crippen molar-refractivity contribution in [3.63, 3.8) is 0 Å². The lowest BCUT2D eigenvalue weighted by Gasteiger charge is -2.06. The van der Waals surface area contributed by atoms with Gasteiger partial charge in [-0.2, -0.15) is 0 Å². The van der Waals surface area contributed by atoms with Gasteiger partial charge in [-0.1, -0.05) is 0 Å². The quantitative estimate of drug-likeness (QED) is 0.506. The van der Waals surface area contributed by atoms with Crippen LogP contribution in [0.5, 0.6) is 0 Å². The van der Waals surface area contributed by atoms with Crippen LogP contribution in [0.15, 0.2) is 41.7 Å². The molecule has 0 bridgehead atoms. The smallest absolute Gasteiger partial charge is 0.348 e. The standard InChI is InChI=1S/C16H15N3O4/c1-8(2)22-16(21)12-13(20)11(23-14(12)17)6-9-7-19-15-10(9)4-3-5-18-15/h3-8H,17H2,1-2H3,(H,18,19)/b11-6-. The Kier molecular flexibility index (Phi) is 3.61. The molecule has 23 heavy (non-hydrogen) atoms. The molecule has 0 amide bonds. The van der Waals surface area contributed by atoms with Gasteiger partial charge in [-0.05, 0) is 32.1 Å². The van der Waals surface area contributed by atoms with E-state index in [1.807, 2.05) is 6.07 Å². The van der Waals surface area contributed by atoms with Crippen LogP contribution in [0.2, 0.25) is 0 Å². The Balaban J connectivity index is 1.92. The first kappa shape index (κ1) is 14.8. The second-order valence-corrected chi connectivity index (χ2v) is 5.28. The molecule has 118 valence electrons. The average Bonchev–Trinajstić information content (AvgIpc) is 3.01. The maximum Gasteiger partial charge on any atom is 0.348 e. The number of ether oxygens (including phenoxy) is 2. The zero-order valence-corrected chi connectivity index (χ0v) is 12.6. The molecule has 0 fully saturated rings. The SMILES string of the molecule is CC(C)OC(=O)C1=C(N)O/C(=C\c2c[nH]c3ncccc23)C1=O. The molecule has 0 spiro atoms. The number of nitrogens with one attached hydrogen (secondary N) is 1. The van der Waals surface area contributed by atoms with E-state index in [0.717, 1.165) is 5.39 Å². The van der Waals surface area contributed by atoms with Crippen LogP contribution < -0.4 is 5.73 Å². The number of allylic oxidation sites excluding steroid dienone is 1. The average molecular weight is 313 g/mol. The van der Waals surface area contributed by atoms with Crippen molar-refractivity contribution in [2.45, 2.75) is 20.0 Å². The Labute approximate surface area is 131 Å². The monoisotopic (exact) mass is 313 g/mol. The molecule has 0 unspecified atom stereocenters. The Bertz CT molecular complexity index is 861. The fourth-order valence-corrected chi connectivity index (χ4v) is 2.25. The van der Waals surface area contributed by atoms with Crippen molar-refractivity contribution < 1.29 is 19.1 Å². The highest BCUT2D eigenvalue weighted by Crippen LogP contribution is 2.27. The molecule has 0 atom stereocenters. The molecule has 7 heteroatoms. The summed E-state index contributed by atoms with van der Waals surface area (Å²) in [5.74, 6) is -1.65. The minimum Gasteiger partial charge on any atom is -0.459 e. The van der Waals surface area contributed by atoms with Crippen molar-refractivity contribution in [1.29, 1.82) is 0 Å². The van der Waals surface area contributed by atoms with Gasteiger partial charge in [0.1, 0.15) is 5.65 Å². The van der Waals surface area contributed by atoms with Gasteiger partial charge in [0.2, 0.25) is 11.7 Å². The van der Waals surface area contributed by atoms with Gasteiger partial charge < -0.3 is 20.2 Å². The molecule has 7 nitrogen and oxygen atoms in total. The van der Waals surface area contributed by atoms with Crippen LogP contribution in [0.4, 0.5) is 0 Å². The summed E-state index contributed by atoms with van der Waals surface area (Å²) in [6.07, 6.45) is 4.52. The van der Waals surface area contributed by atoms with Crippen molar-refractivity contribution >= 4 is 28.9 Å². The predicted molar refractivity (Wildman–Crippen MR) is 82.6 cm³/mol. The van der Waals surface area contributed by atoms with Crippen molar-refractivity contribution in [2.75, 3.05) is 0 Å². The van der Waals surface area contributed by atoms with Crippen molar-refractivity contribution in [1.82, 2.24) is 9.97 Å². The zero-order valence-electron chi connectivity index (χ0n) is 12.6. The van der Waals surface area contributed by atoms with E-state index in [1.165, 1.54) is 6.08 Å². The number of hydrogen-bond donors (Lipinski definition) is 2. The largest absolute Gasteiger partial charge is 0.459 e. The minimum absolute atomic E-state index is 0.0250. The first-order valence-corrected chi connectivity index (χ1v) is 7.04. The summed E-state index contributed by atoms with van der Waals surface area (Å²) in [6, 6.07) is 3.64. The number of esters is 1. The van der Waals surface area contributed by atoms with Gasteiger partial charge in [-0.3, -0.25) is 4.79 Å². The van der Waals surface area contributed by atoms with E-state index >= 15 is 0 Å². The number of Topliss-reactive ketones (excluding diaryl/α,β-unsaturated/α-hetero) is 1. The van der Waals surface area contributed by atoms with E-state index in [2.05, 4.69) is 9.97 Å². The molecule has 3 rings (SSSR count). The molecule has 0 saturated heterocycles. The number of carbonyl (C=O) groups excluding carboxylic acids is 2. The number of pyridine rings is 1. The molecule has 3 N–H and O–H groups in total. The van der Waals surface area contributed by atoms with Crippen molar-refractivity contribution in [2.24, 2.45) is 5.73 Å². The van der Waals surface area contributed by atoms with E-state index in [-0.39, 0.29) is 23.3 Å². The van der Waals surface area contributed by atoms with Crippen LogP contribution in [0.25, 0.3) is 17.1 Å². The molecular formula is C16H15N3O4. The Morgan fingerprint density at radius 1 is 1.48 bits per heavy atom. The molecule has 1 aliphatic heterocycles. The number of ketones is 1. The van der Waals surface area contributed by atoms with E-state index < -0.39 is 11.8 Å². The zero-order chi connectivity index (χ0) is 16.6. The number of aromatic nitrogens is 2. The summed E-state index contributed by atoms with van der Waals surface area (Å²) >= 11 is 0. The molecule has 3 heterocycles. The van der Waals surface area contributed by atoms with Crippen LogP contribution in [-0.4, -0.2) is 27.8 Å². The van der Waals surface area contributed by atoms with E-state index in [0.29, 0.717) is 11.2 Å². The van der Waals surface area contributed by atoms with Crippen molar-refractivity contribution in [3.8, 4) is 0 Å². The summed E-state index contributed by atoms with van der Waals surface area (Å²) in [5, 5.41) is 0.827. The van der Waals surface area contributed by atoms with Crippen LogP contribution in [0.1, 0.15) is 19.4 Å². The topological polar surface area (TPSA) is 107 Å². The molecule has 0 radical (unpaired) electrons. The van der Waals surface area contributed by atoms with Crippen molar-refractivity contribution in [3.05, 3.63) is 47.3 Å². The van der Waals surface area contributed by atoms with Crippen LogP contribution in [0, 0.1) is 0 Å². The Morgan fingerprint density at radius 2 is 2.26 bits per heavy atom. The van der Waals surface area contributed by atoms with Gasteiger partial charge in [-0.15, -0.1) is 0 Å². The van der Waals surface area contributed by atoms with Gasteiger partial charge in [0.15, 0.2) is 11.3 Å². The van der Waals surface area contributed by atoms with Gasteiger partial charge in [0.25, 0.3) is 0 Å². The summed E-state index contributed by atoms with van der Waals surface area (Å²) in [4.78, 5) is 31.4. The second kappa shape index (κ2) is 5.60. The maximum absolute atomic E-state index is 12.3. The van der Waals surface area contributed by atoms with Crippen LogP contribution in [-0.2, 0) is 19.1 Å². The third kappa shape index (κ3) is 2.68. The lowest BCUT2D eigenvalue weighted by Crippen LogP contribution is -2.19. The first-order chi connectivity index (χ1) is 11.0. The van der Waals surface area contributed by atoms with Gasteiger partial charge in [0.05, 0.1) is 6.10 Å². The number of carbonyl (C=O) groups is 2. The molecule has 2 aromatic heterocycles. The maximum atomic E-state index is 12.3. The van der Waals surface area contributed by atoms with Gasteiger partial charge in [-0.25, -0.2) is 9.78 Å². The lowest BCUT2D eigenvalue weighted by molar-refractivity contribution is -0.143. The fraction of sp³-hybridized carbons (Fsp3) is 0.188. The summed E-state index contributed by atoms with van der Waals surface area (Å²) < 4.78 is 10.3. The Hall–Kier alpha value is -3.09. The normalized spacial score (nSPS) is 16.5. The highest BCUT2D eigenvalue weighted by Gasteiger charge is 2.36. The van der Waals surface area contributed by atoms with Gasteiger partial charge in [0, 0.05) is 23.3 Å². The lowest BCUT2D eigenvalue weighted by atomic mass is 10.1. The van der Waals surface area contributed by atoms with Crippen LogP contribution >= 0.6 is 0 Å². The predicted octanol–water partition coefficient (Wildman–Crippen LogP) is 1.62. The number of rotatable bonds is 3. The number of H-pyrrole nitrogens is 1. The number of hydrogen-bond acceptors (Lipinski definition) is 6. The minimum atomic E-state index is -0.786. The number of nitrogens with zero attached hydrogens (tertiary/aromatic N) is 1. The summed E-state index contributed by atoms with van der Waals surface area (Å²) in [7, 11) is 0. The fourth-order valence-electron chi connectivity index (χ4n) is 2.25. The third-order valence-electron chi connectivity index (χ3n) is 3.23. The Morgan fingerprint density at radius 3 is 3.00 bits per heavy atom. The highest BCUT2D eigenvalue weighted by atomic mass is 16.5. The second-order valence-electron chi connectivity index (χ2n) is 5.28. The van der Waals surface area contributed by atoms with E-state index in [9.17, 15) is 9.59 Å². The molecule has 1 aliphatic rings. The van der Waals surface area contributed by atoms with E-state index in [1.54, 1.807) is 32.3 Å². The van der Waals surface area contributed by atoms with Crippen LogP contribution in [0.3, 0.4) is 0 Å². The molecular weight excluding hydrogens is 298 g/mol. The molecule has 0 aromatic carbocycles. The van der Waals surface area contributed by atoms with Gasteiger partial charge >= 0.3 is 5.97 Å². The molecule has 0 aliphatic carbocycles. The summed E-state index contributed by atoms with van der Waals surface area (Å²) in [5.41, 5.74) is 6.77. The molecule has 0 saturated carbocycles. The summed E-state index contributed by atoms with van der Waals surface area (Å²) in [6.45, 7) is 3.37. The number of fused-ring (bicyclic) bond motifs is 1. The van der Waals surface area contributed by atoms with E-state index in [4.69, 9.17) is 15.2 Å².